The van der Waals surface area contributed by atoms with E-state index in [2.05, 4.69) is 0 Å². The summed E-state index contributed by atoms with van der Waals surface area (Å²) in [4.78, 5) is 0. The Hall–Kier alpha value is -0.925. The van der Waals surface area contributed by atoms with E-state index in [1.807, 2.05) is 0 Å². The van der Waals surface area contributed by atoms with Crippen molar-refractivity contribution in [1.82, 2.24) is 0 Å². The van der Waals surface area contributed by atoms with Crippen molar-refractivity contribution in [2.45, 2.75) is 0 Å². The van der Waals surface area contributed by atoms with Gasteiger partial charge in [0, 0.05) is 26.6 Å². The molecule has 10 heavy (non-hydrogen) atoms. The third-order valence-electron chi connectivity index (χ3n) is 0.827. The lowest BCUT2D eigenvalue weighted by Crippen LogP contribution is -1.81. The normalized spacial score (nSPS) is 8.70. The van der Waals surface area contributed by atoms with Crippen molar-refractivity contribution in [3.8, 4) is 0 Å². The summed E-state index contributed by atoms with van der Waals surface area (Å²) < 4.78 is 35.8. The molecule has 0 aliphatic heterocycles. The van der Waals surface area contributed by atoms with Crippen LogP contribution in [0, 0.1) is 17.5 Å². The largest absolute Gasteiger partial charge is 0.207 e. The van der Waals surface area contributed by atoms with Crippen molar-refractivity contribution in [2.24, 2.45) is 0 Å². The van der Waals surface area contributed by atoms with Crippen LogP contribution >= 0.6 is 0 Å². The van der Waals surface area contributed by atoms with Gasteiger partial charge in [0.25, 0.3) is 0 Å². The van der Waals surface area contributed by atoms with E-state index in [9.17, 15) is 13.2 Å². The summed E-state index contributed by atoms with van der Waals surface area (Å²) in [6, 6.07) is 1.84. The number of halogens is 3. The van der Waals surface area contributed by atoms with E-state index in [1.54, 1.807) is 0 Å². The molecule has 1 aromatic rings. The summed E-state index contributed by atoms with van der Waals surface area (Å²) in [5, 5.41) is 0. The third kappa shape index (κ3) is 2.13. The van der Waals surface area contributed by atoms with Crippen LogP contribution in [0.5, 0.6) is 0 Å². The van der Waals surface area contributed by atoms with Gasteiger partial charge in [-0.05, 0) is 0 Å². The molecule has 0 heterocycles. The van der Waals surface area contributed by atoms with Crippen LogP contribution in [-0.2, 0) is 0 Å². The second-order valence-corrected chi connectivity index (χ2v) is 1.59. The Morgan fingerprint density at radius 3 is 1.10 bits per heavy atom. The molecular formula is C6H3BF3. The molecule has 0 aromatic heterocycles. The molecule has 0 spiro atoms. The first-order chi connectivity index (χ1) is 4.18. The molecule has 0 saturated heterocycles. The fourth-order valence-corrected chi connectivity index (χ4v) is 0.520. The fraction of sp³-hybridized carbons (Fsp3) is 0. The molecule has 51 valence electrons. The van der Waals surface area contributed by atoms with E-state index in [0.29, 0.717) is 18.2 Å². The van der Waals surface area contributed by atoms with E-state index < -0.39 is 17.5 Å². The highest BCUT2D eigenvalue weighted by molar-refractivity contribution is 5.75. The fourth-order valence-electron chi connectivity index (χ4n) is 0.520. The molecule has 1 rings (SSSR count). The minimum absolute atomic E-state index is 0. The third-order valence-corrected chi connectivity index (χ3v) is 0.827. The summed E-state index contributed by atoms with van der Waals surface area (Å²) in [6.45, 7) is 0. The molecule has 0 aliphatic rings. The highest BCUT2D eigenvalue weighted by Gasteiger charge is 1.96. The molecule has 0 nitrogen and oxygen atoms in total. The molecule has 0 bridgehead atoms. The van der Waals surface area contributed by atoms with E-state index in [0.717, 1.165) is 0 Å². The van der Waals surface area contributed by atoms with Gasteiger partial charge in [0.1, 0.15) is 17.5 Å². The SMILES string of the molecule is Fc1cc(F)cc(F)c1.[B]. The van der Waals surface area contributed by atoms with Crippen LogP contribution in [0.25, 0.3) is 0 Å². The Morgan fingerprint density at radius 2 is 0.900 bits per heavy atom. The Bertz CT molecular complexity index is 174. The number of benzene rings is 1. The van der Waals surface area contributed by atoms with Gasteiger partial charge in [-0.2, -0.15) is 0 Å². The lowest BCUT2D eigenvalue weighted by Gasteiger charge is -1.88. The Morgan fingerprint density at radius 1 is 0.700 bits per heavy atom. The van der Waals surface area contributed by atoms with E-state index in [-0.39, 0.29) is 8.41 Å². The molecule has 0 saturated carbocycles. The van der Waals surface area contributed by atoms with Crippen molar-refractivity contribution in [2.75, 3.05) is 0 Å². The molecule has 0 amide bonds. The average Bonchev–Trinajstić information content (AvgIpc) is 1.59. The summed E-state index contributed by atoms with van der Waals surface area (Å²) in [6.07, 6.45) is 0. The van der Waals surface area contributed by atoms with Gasteiger partial charge in [0.2, 0.25) is 0 Å². The van der Waals surface area contributed by atoms with Crippen LogP contribution in [0.15, 0.2) is 18.2 Å². The molecule has 0 unspecified atom stereocenters. The zero-order valence-electron chi connectivity index (χ0n) is 4.94. The van der Waals surface area contributed by atoms with Gasteiger partial charge in [-0.3, -0.25) is 0 Å². The first kappa shape index (κ1) is 9.07. The molecule has 0 aliphatic carbocycles. The van der Waals surface area contributed by atoms with Crippen molar-refractivity contribution < 1.29 is 13.2 Å². The average molecular weight is 143 g/mol. The number of hydrogen-bond donors (Lipinski definition) is 0. The van der Waals surface area contributed by atoms with Gasteiger partial charge in [0.15, 0.2) is 0 Å². The summed E-state index contributed by atoms with van der Waals surface area (Å²) >= 11 is 0. The van der Waals surface area contributed by atoms with Gasteiger partial charge in [-0.25, -0.2) is 13.2 Å². The Kier molecular flexibility index (Phi) is 2.99. The smallest absolute Gasteiger partial charge is 0.129 e. The van der Waals surface area contributed by atoms with Crippen LogP contribution in [0.1, 0.15) is 0 Å². The zero-order chi connectivity index (χ0) is 6.85. The maximum absolute atomic E-state index is 11.9. The van der Waals surface area contributed by atoms with Crippen molar-refractivity contribution >= 4 is 8.41 Å². The zero-order valence-corrected chi connectivity index (χ0v) is 4.94. The summed E-state index contributed by atoms with van der Waals surface area (Å²) in [5.74, 6) is -2.69. The predicted molar refractivity (Wildman–Crippen MR) is 32.1 cm³/mol. The van der Waals surface area contributed by atoms with Crippen molar-refractivity contribution in [3.05, 3.63) is 35.7 Å². The molecule has 3 radical (unpaired) electrons. The highest BCUT2D eigenvalue weighted by atomic mass is 19.1. The molecule has 4 heteroatoms. The second kappa shape index (κ2) is 3.30. The first-order valence-electron chi connectivity index (χ1n) is 2.30. The van der Waals surface area contributed by atoms with Crippen molar-refractivity contribution in [3.63, 3.8) is 0 Å². The standard InChI is InChI=1S/C6H3F3.B/c7-4-1-5(8)3-6(9)2-4;/h1-3H;. The van der Waals surface area contributed by atoms with E-state index in [4.69, 9.17) is 0 Å². The monoisotopic (exact) mass is 143 g/mol. The highest BCUT2D eigenvalue weighted by Crippen LogP contribution is 2.04. The number of rotatable bonds is 0. The lowest BCUT2D eigenvalue weighted by molar-refractivity contribution is 0.543. The second-order valence-electron chi connectivity index (χ2n) is 1.59. The van der Waals surface area contributed by atoms with Crippen LogP contribution < -0.4 is 0 Å². The Balaban J connectivity index is 0.000000810. The van der Waals surface area contributed by atoms with Crippen LogP contribution in [0.2, 0.25) is 0 Å². The van der Waals surface area contributed by atoms with Gasteiger partial charge >= 0.3 is 0 Å². The summed E-state index contributed by atoms with van der Waals surface area (Å²) in [5.41, 5.74) is 0. The first-order valence-corrected chi connectivity index (χ1v) is 2.30. The topological polar surface area (TPSA) is 0 Å². The number of hydrogen-bond acceptors (Lipinski definition) is 0. The maximum atomic E-state index is 11.9. The molecule has 0 fully saturated rings. The molecular weight excluding hydrogens is 140 g/mol. The van der Waals surface area contributed by atoms with Gasteiger partial charge < -0.3 is 0 Å². The van der Waals surface area contributed by atoms with E-state index in [1.165, 1.54) is 0 Å². The van der Waals surface area contributed by atoms with Crippen LogP contribution in [-0.4, -0.2) is 8.41 Å². The van der Waals surface area contributed by atoms with Crippen LogP contribution in [0.3, 0.4) is 0 Å². The van der Waals surface area contributed by atoms with Gasteiger partial charge in [0.05, 0.1) is 0 Å². The molecule has 0 atom stereocenters. The van der Waals surface area contributed by atoms with Gasteiger partial charge in [-0.1, -0.05) is 0 Å². The maximum Gasteiger partial charge on any atom is 0.129 e. The molecule has 1 aromatic carbocycles. The van der Waals surface area contributed by atoms with Gasteiger partial charge in [-0.15, -0.1) is 0 Å². The molecule has 0 N–H and O–H groups in total. The minimum Gasteiger partial charge on any atom is -0.207 e. The van der Waals surface area contributed by atoms with E-state index >= 15 is 0 Å². The quantitative estimate of drug-likeness (QED) is 0.485. The summed E-state index contributed by atoms with van der Waals surface area (Å²) in [7, 11) is 0. The van der Waals surface area contributed by atoms with Crippen molar-refractivity contribution in [1.29, 1.82) is 0 Å². The lowest BCUT2D eigenvalue weighted by atomic mass is 10.3. The van der Waals surface area contributed by atoms with Crippen LogP contribution in [0.4, 0.5) is 13.2 Å². The predicted octanol–water partition coefficient (Wildman–Crippen LogP) is 1.72. The Labute approximate surface area is 58.3 Å². The minimum atomic E-state index is -0.896.